The third-order valence-corrected chi connectivity index (χ3v) is 7.13. The van der Waals surface area contributed by atoms with Gasteiger partial charge in [0, 0.05) is 35.8 Å². The first-order valence-electron chi connectivity index (χ1n) is 11.4. The molecule has 1 amide bonds. The van der Waals surface area contributed by atoms with E-state index in [-0.39, 0.29) is 12.0 Å². The van der Waals surface area contributed by atoms with Gasteiger partial charge in [-0.2, -0.15) is 0 Å². The van der Waals surface area contributed by atoms with Crippen LogP contribution in [0, 0.1) is 0 Å². The average Bonchev–Trinajstić information content (AvgIpc) is 3.48. The zero-order valence-electron chi connectivity index (χ0n) is 18.8. The van der Waals surface area contributed by atoms with Gasteiger partial charge in [0.1, 0.15) is 6.61 Å². The van der Waals surface area contributed by atoms with Crippen LogP contribution in [0.15, 0.2) is 59.9 Å². The molecule has 2 aromatic carbocycles. The van der Waals surface area contributed by atoms with E-state index >= 15 is 0 Å². The molecule has 8 nitrogen and oxygen atoms in total. The van der Waals surface area contributed by atoms with Gasteiger partial charge < -0.3 is 19.4 Å². The van der Waals surface area contributed by atoms with Crippen LogP contribution in [0.4, 0.5) is 0 Å². The number of nitrogens with zero attached hydrogens (tertiary/aromatic N) is 4. The quantitative estimate of drug-likeness (QED) is 0.404. The number of hydrogen-bond donors (Lipinski definition) is 1. The van der Waals surface area contributed by atoms with Gasteiger partial charge in [0.2, 0.25) is 5.91 Å². The number of thioether (sulfide) groups is 1. The summed E-state index contributed by atoms with van der Waals surface area (Å²) in [5.41, 5.74) is 2.12. The summed E-state index contributed by atoms with van der Waals surface area (Å²) in [6.45, 7) is 0.884. The number of carbonyl (C=O) groups is 1. The minimum Gasteiger partial charge on any atom is -0.486 e. The van der Waals surface area contributed by atoms with Gasteiger partial charge in [0.25, 0.3) is 0 Å². The highest BCUT2D eigenvalue weighted by Gasteiger charge is 2.31. The number of rotatable bonds is 7. The molecule has 1 aliphatic heterocycles. The molecule has 0 unspecified atom stereocenters. The monoisotopic (exact) mass is 475 g/mol. The second kappa shape index (κ2) is 8.72. The van der Waals surface area contributed by atoms with Crippen LogP contribution in [-0.4, -0.2) is 62.6 Å². The lowest BCUT2D eigenvalue weighted by molar-refractivity contribution is -0.128. The fourth-order valence-corrected chi connectivity index (χ4v) is 5.22. The number of aromatic amines is 1. The summed E-state index contributed by atoms with van der Waals surface area (Å²) < 4.78 is 14.0. The summed E-state index contributed by atoms with van der Waals surface area (Å²) in [6, 6.07) is 16.2. The Labute approximate surface area is 201 Å². The molecular weight excluding hydrogens is 450 g/mol. The first-order chi connectivity index (χ1) is 16.7. The molecule has 1 fully saturated rings. The van der Waals surface area contributed by atoms with E-state index in [1.54, 1.807) is 11.9 Å². The van der Waals surface area contributed by atoms with Gasteiger partial charge in [0.15, 0.2) is 28.6 Å². The van der Waals surface area contributed by atoms with Gasteiger partial charge in [-0.15, -0.1) is 10.2 Å². The normalized spacial score (nSPS) is 17.1. The topological polar surface area (TPSA) is 85.3 Å². The Bertz CT molecular complexity index is 1350. The number of benzene rings is 2. The first-order valence-corrected chi connectivity index (χ1v) is 12.4. The van der Waals surface area contributed by atoms with E-state index < -0.39 is 0 Å². The van der Waals surface area contributed by atoms with Crippen molar-refractivity contribution in [3.8, 4) is 22.9 Å². The summed E-state index contributed by atoms with van der Waals surface area (Å²) in [6.07, 6.45) is 4.01. The smallest absolute Gasteiger partial charge is 0.232 e. The molecule has 174 valence electrons. The van der Waals surface area contributed by atoms with Gasteiger partial charge >= 0.3 is 0 Å². The van der Waals surface area contributed by atoms with Crippen LogP contribution in [0.5, 0.6) is 11.5 Å². The number of aromatic nitrogens is 4. The highest BCUT2D eigenvalue weighted by Crippen LogP contribution is 2.42. The van der Waals surface area contributed by atoms with Crippen molar-refractivity contribution < 1.29 is 14.3 Å². The molecule has 4 aromatic rings. The van der Waals surface area contributed by atoms with Crippen molar-refractivity contribution in [3.63, 3.8) is 0 Å². The standard InChI is InChI=1S/C25H25N5O3S/c1-29(13-17-14-32-21-8-4-5-9-22(21)33-17)23(31)15-34-25-28-27-24(30(25)16-10-11-16)19-12-26-20-7-3-2-6-18(19)20/h2-9,12,16-17,26H,10-11,13-15H2,1H3/t17-/m0/s1. The van der Waals surface area contributed by atoms with E-state index in [4.69, 9.17) is 9.47 Å². The zero-order valence-corrected chi connectivity index (χ0v) is 19.6. The van der Waals surface area contributed by atoms with Crippen molar-refractivity contribution in [2.75, 3.05) is 26.0 Å². The second-order valence-corrected chi connectivity index (χ2v) is 9.66. The third kappa shape index (κ3) is 4.00. The van der Waals surface area contributed by atoms with Crippen molar-refractivity contribution in [1.82, 2.24) is 24.6 Å². The minimum absolute atomic E-state index is 0.0199. The lowest BCUT2D eigenvalue weighted by Gasteiger charge is -2.29. The van der Waals surface area contributed by atoms with Gasteiger partial charge in [-0.1, -0.05) is 42.1 Å². The Morgan fingerprint density at radius 2 is 1.94 bits per heavy atom. The number of carbonyl (C=O) groups excluding carboxylic acids is 1. The van der Waals surface area contributed by atoms with Crippen molar-refractivity contribution in [2.24, 2.45) is 0 Å². The van der Waals surface area contributed by atoms with Crippen LogP contribution in [0.25, 0.3) is 22.3 Å². The summed E-state index contributed by atoms with van der Waals surface area (Å²) in [5.74, 6) is 2.63. The van der Waals surface area contributed by atoms with E-state index in [1.807, 2.05) is 42.6 Å². The number of H-pyrrole nitrogens is 1. The molecular formula is C25H25N5O3S. The van der Waals surface area contributed by atoms with Crippen LogP contribution < -0.4 is 9.47 Å². The third-order valence-electron chi connectivity index (χ3n) is 6.20. The van der Waals surface area contributed by atoms with Crippen molar-refractivity contribution >= 4 is 28.6 Å². The van der Waals surface area contributed by atoms with Gasteiger partial charge in [0.05, 0.1) is 12.3 Å². The Morgan fingerprint density at radius 3 is 2.79 bits per heavy atom. The molecule has 1 saturated carbocycles. The molecule has 0 saturated heterocycles. The van der Waals surface area contributed by atoms with E-state index in [2.05, 4.69) is 31.9 Å². The van der Waals surface area contributed by atoms with Crippen LogP contribution in [0.1, 0.15) is 18.9 Å². The number of amides is 1. The van der Waals surface area contributed by atoms with Crippen LogP contribution in [0.3, 0.4) is 0 Å². The average molecular weight is 476 g/mol. The highest BCUT2D eigenvalue weighted by atomic mass is 32.2. The summed E-state index contributed by atoms with van der Waals surface area (Å²) in [4.78, 5) is 17.9. The molecule has 1 N–H and O–H groups in total. The molecule has 9 heteroatoms. The fraction of sp³-hybridized carbons (Fsp3) is 0.320. The maximum atomic E-state index is 12.9. The maximum Gasteiger partial charge on any atom is 0.232 e. The number of para-hydroxylation sites is 3. The molecule has 1 aliphatic carbocycles. The van der Waals surface area contributed by atoms with Crippen LogP contribution in [0.2, 0.25) is 0 Å². The molecule has 3 heterocycles. The predicted octanol–water partition coefficient (Wildman–Crippen LogP) is 4.15. The van der Waals surface area contributed by atoms with Crippen LogP contribution >= 0.6 is 11.8 Å². The van der Waals surface area contributed by atoms with Crippen molar-refractivity contribution in [2.45, 2.75) is 30.1 Å². The van der Waals surface area contributed by atoms with E-state index in [0.29, 0.717) is 24.9 Å². The van der Waals surface area contributed by atoms with Gasteiger partial charge in [-0.25, -0.2) is 0 Å². The molecule has 2 aromatic heterocycles. The Kier molecular flexibility index (Phi) is 5.41. The fourth-order valence-electron chi connectivity index (χ4n) is 4.27. The molecule has 2 aliphatic rings. The van der Waals surface area contributed by atoms with Crippen molar-refractivity contribution in [3.05, 3.63) is 54.7 Å². The lowest BCUT2D eigenvalue weighted by atomic mass is 10.1. The van der Waals surface area contributed by atoms with Gasteiger partial charge in [-0.3, -0.25) is 9.36 Å². The molecule has 34 heavy (non-hydrogen) atoms. The SMILES string of the molecule is CN(C[C@H]1COc2ccccc2O1)C(=O)CSc1nnc(-c2c[nH]c3ccccc23)n1C1CC1. The molecule has 0 radical (unpaired) electrons. The van der Waals surface area contributed by atoms with E-state index in [1.165, 1.54) is 11.8 Å². The van der Waals surface area contributed by atoms with Crippen molar-refractivity contribution in [1.29, 1.82) is 0 Å². The molecule has 0 spiro atoms. The number of ether oxygens (including phenoxy) is 2. The Hall–Kier alpha value is -3.46. The number of nitrogens with one attached hydrogen (secondary N) is 1. The van der Waals surface area contributed by atoms with Gasteiger partial charge in [-0.05, 0) is 31.0 Å². The largest absolute Gasteiger partial charge is 0.486 e. The summed E-state index contributed by atoms with van der Waals surface area (Å²) in [7, 11) is 1.80. The van der Waals surface area contributed by atoms with Crippen LogP contribution in [-0.2, 0) is 4.79 Å². The first kappa shape index (κ1) is 21.1. The molecule has 0 bridgehead atoms. The minimum atomic E-state index is -0.197. The number of hydrogen-bond acceptors (Lipinski definition) is 6. The van der Waals surface area contributed by atoms with E-state index in [0.717, 1.165) is 51.8 Å². The molecule has 1 atom stereocenters. The second-order valence-electron chi connectivity index (χ2n) is 8.72. The lowest BCUT2D eigenvalue weighted by Crippen LogP contribution is -2.42. The summed E-state index contributed by atoms with van der Waals surface area (Å²) in [5, 5.41) is 10.9. The number of likely N-dealkylation sites (N-methyl/N-ethyl adjacent to an activating group) is 1. The Morgan fingerprint density at radius 1 is 1.15 bits per heavy atom. The maximum absolute atomic E-state index is 12.9. The molecule has 6 rings (SSSR count). The summed E-state index contributed by atoms with van der Waals surface area (Å²) >= 11 is 1.44. The predicted molar refractivity (Wildman–Crippen MR) is 130 cm³/mol. The highest BCUT2D eigenvalue weighted by molar-refractivity contribution is 7.99. The number of fused-ring (bicyclic) bond motifs is 2. The van der Waals surface area contributed by atoms with E-state index in [9.17, 15) is 4.79 Å². The zero-order chi connectivity index (χ0) is 23.1. The Balaban J connectivity index is 1.13.